The summed E-state index contributed by atoms with van der Waals surface area (Å²) in [6.45, 7) is 4.38. The van der Waals surface area contributed by atoms with E-state index in [9.17, 15) is 4.79 Å². The van der Waals surface area contributed by atoms with Crippen LogP contribution < -0.4 is 5.73 Å². The number of piperidine rings is 1. The molecule has 4 nitrogen and oxygen atoms in total. The number of nitrogens with zero attached hydrogens (tertiary/aromatic N) is 1. The van der Waals surface area contributed by atoms with Crippen LogP contribution in [0.5, 0.6) is 0 Å². The number of rotatable bonds is 4. The Morgan fingerprint density at radius 2 is 2.27 bits per heavy atom. The third-order valence-corrected chi connectivity index (χ3v) is 2.78. The monoisotopic (exact) mass is 214 g/mol. The lowest BCUT2D eigenvalue weighted by Gasteiger charge is -2.34. The molecule has 0 aromatic rings. The number of hydrogen-bond acceptors (Lipinski definition) is 3. The third-order valence-electron chi connectivity index (χ3n) is 2.78. The molecule has 88 valence electrons. The van der Waals surface area contributed by atoms with Gasteiger partial charge in [-0.15, -0.1) is 0 Å². The highest BCUT2D eigenvalue weighted by Gasteiger charge is 2.24. The second-order valence-electron chi connectivity index (χ2n) is 4.50. The molecule has 0 saturated carbocycles. The van der Waals surface area contributed by atoms with Crippen LogP contribution in [0.2, 0.25) is 0 Å². The molecular weight excluding hydrogens is 192 g/mol. The van der Waals surface area contributed by atoms with E-state index in [2.05, 4.69) is 6.92 Å². The van der Waals surface area contributed by atoms with Gasteiger partial charge in [0, 0.05) is 39.3 Å². The molecule has 1 fully saturated rings. The normalized spacial score (nSPS) is 26.7. The first-order valence-electron chi connectivity index (χ1n) is 5.65. The number of likely N-dealkylation sites (tertiary alicyclic amines) is 1. The van der Waals surface area contributed by atoms with Crippen molar-refractivity contribution in [1.82, 2.24) is 4.90 Å². The molecule has 1 heterocycles. The van der Waals surface area contributed by atoms with Gasteiger partial charge in [0.25, 0.3) is 0 Å². The average molecular weight is 214 g/mol. The number of nitrogens with two attached hydrogens (primary N) is 1. The van der Waals surface area contributed by atoms with Crippen LogP contribution in [0.4, 0.5) is 0 Å². The standard InChI is InChI=1S/C11H22N2O2/c1-9-6-10(12)8-13(7-9)11(14)4-3-5-15-2/h9-10H,3-8,12H2,1-2H3. The number of ether oxygens (including phenoxy) is 1. The summed E-state index contributed by atoms with van der Waals surface area (Å²) in [5, 5.41) is 0. The fourth-order valence-electron chi connectivity index (χ4n) is 2.13. The predicted octanol–water partition coefficient (Wildman–Crippen LogP) is 0.609. The molecule has 1 aliphatic heterocycles. The van der Waals surface area contributed by atoms with Crippen molar-refractivity contribution in [2.45, 2.75) is 32.2 Å². The Hall–Kier alpha value is -0.610. The number of amides is 1. The number of carbonyl (C=O) groups excluding carboxylic acids is 1. The third kappa shape index (κ3) is 4.18. The minimum Gasteiger partial charge on any atom is -0.385 e. The van der Waals surface area contributed by atoms with Crippen molar-refractivity contribution in [3.8, 4) is 0 Å². The summed E-state index contributed by atoms with van der Waals surface area (Å²) in [6.07, 6.45) is 2.41. The van der Waals surface area contributed by atoms with Crippen LogP contribution in [-0.4, -0.2) is 43.7 Å². The highest BCUT2D eigenvalue weighted by molar-refractivity contribution is 5.76. The molecule has 0 aliphatic carbocycles. The average Bonchev–Trinajstić information content (AvgIpc) is 2.16. The van der Waals surface area contributed by atoms with Crippen molar-refractivity contribution >= 4 is 5.91 Å². The quantitative estimate of drug-likeness (QED) is 0.698. The largest absolute Gasteiger partial charge is 0.385 e. The summed E-state index contributed by atoms with van der Waals surface area (Å²) < 4.78 is 4.93. The van der Waals surface area contributed by atoms with Crippen molar-refractivity contribution < 1.29 is 9.53 Å². The molecular formula is C11H22N2O2. The fourth-order valence-corrected chi connectivity index (χ4v) is 2.13. The Morgan fingerprint density at radius 3 is 2.87 bits per heavy atom. The molecule has 0 aromatic heterocycles. The van der Waals surface area contributed by atoms with Crippen LogP contribution in [0.15, 0.2) is 0 Å². The van der Waals surface area contributed by atoms with Crippen LogP contribution in [-0.2, 0) is 9.53 Å². The van der Waals surface area contributed by atoms with Crippen molar-refractivity contribution in [3.05, 3.63) is 0 Å². The predicted molar refractivity (Wildman–Crippen MR) is 59.4 cm³/mol. The smallest absolute Gasteiger partial charge is 0.222 e. The first-order chi connectivity index (χ1) is 7.13. The Labute approximate surface area is 91.8 Å². The van der Waals surface area contributed by atoms with Gasteiger partial charge >= 0.3 is 0 Å². The Balaban J connectivity index is 2.31. The van der Waals surface area contributed by atoms with Gasteiger partial charge in [0.1, 0.15) is 0 Å². The first-order valence-corrected chi connectivity index (χ1v) is 5.65. The van der Waals surface area contributed by atoms with Crippen LogP contribution in [0.25, 0.3) is 0 Å². The molecule has 2 unspecified atom stereocenters. The van der Waals surface area contributed by atoms with Gasteiger partial charge in [-0.05, 0) is 18.8 Å². The highest BCUT2D eigenvalue weighted by atomic mass is 16.5. The Bertz CT molecular complexity index is 199. The number of carbonyl (C=O) groups is 1. The van der Waals surface area contributed by atoms with E-state index in [1.54, 1.807) is 7.11 Å². The topological polar surface area (TPSA) is 55.6 Å². The Kier molecular flexibility index (Phi) is 5.05. The van der Waals surface area contributed by atoms with Gasteiger partial charge in [0.2, 0.25) is 5.91 Å². The fraction of sp³-hybridized carbons (Fsp3) is 0.909. The van der Waals surface area contributed by atoms with E-state index in [1.165, 1.54) is 0 Å². The lowest BCUT2D eigenvalue weighted by molar-refractivity contribution is -0.133. The Morgan fingerprint density at radius 1 is 1.53 bits per heavy atom. The highest BCUT2D eigenvalue weighted by Crippen LogP contribution is 2.15. The van der Waals surface area contributed by atoms with E-state index in [0.29, 0.717) is 18.9 Å². The van der Waals surface area contributed by atoms with E-state index in [1.807, 2.05) is 4.90 Å². The molecule has 0 spiro atoms. The van der Waals surface area contributed by atoms with Crippen molar-refractivity contribution in [1.29, 1.82) is 0 Å². The van der Waals surface area contributed by atoms with E-state index in [4.69, 9.17) is 10.5 Å². The molecule has 0 radical (unpaired) electrons. The number of hydrogen-bond donors (Lipinski definition) is 1. The van der Waals surface area contributed by atoms with Gasteiger partial charge in [0.15, 0.2) is 0 Å². The molecule has 2 atom stereocenters. The summed E-state index contributed by atoms with van der Waals surface area (Å²) in [7, 11) is 1.66. The van der Waals surface area contributed by atoms with Crippen molar-refractivity contribution in [3.63, 3.8) is 0 Å². The number of methoxy groups -OCH3 is 1. The lowest BCUT2D eigenvalue weighted by Crippen LogP contribution is -2.48. The van der Waals surface area contributed by atoms with E-state index in [-0.39, 0.29) is 11.9 Å². The van der Waals surface area contributed by atoms with Crippen LogP contribution in [0, 0.1) is 5.92 Å². The molecule has 0 aromatic carbocycles. The van der Waals surface area contributed by atoms with Gasteiger partial charge in [-0.1, -0.05) is 6.92 Å². The molecule has 0 bridgehead atoms. The minimum atomic E-state index is 0.153. The maximum Gasteiger partial charge on any atom is 0.222 e. The molecule has 1 aliphatic rings. The molecule has 2 N–H and O–H groups in total. The first kappa shape index (κ1) is 12.5. The second kappa shape index (κ2) is 6.08. The van der Waals surface area contributed by atoms with Crippen LogP contribution in [0.1, 0.15) is 26.2 Å². The maximum atomic E-state index is 11.8. The SMILES string of the molecule is COCCCC(=O)N1CC(C)CC(N)C1. The molecule has 1 amide bonds. The maximum absolute atomic E-state index is 11.8. The summed E-state index contributed by atoms with van der Waals surface area (Å²) in [5.74, 6) is 0.745. The summed E-state index contributed by atoms with van der Waals surface area (Å²) in [6, 6.07) is 0.153. The molecule has 15 heavy (non-hydrogen) atoms. The zero-order valence-corrected chi connectivity index (χ0v) is 9.74. The van der Waals surface area contributed by atoms with Crippen LogP contribution in [0.3, 0.4) is 0 Å². The zero-order chi connectivity index (χ0) is 11.3. The van der Waals surface area contributed by atoms with Gasteiger partial charge in [-0.2, -0.15) is 0 Å². The van der Waals surface area contributed by atoms with E-state index < -0.39 is 0 Å². The van der Waals surface area contributed by atoms with E-state index >= 15 is 0 Å². The van der Waals surface area contributed by atoms with Gasteiger partial charge in [-0.3, -0.25) is 4.79 Å². The molecule has 1 saturated heterocycles. The van der Waals surface area contributed by atoms with Crippen molar-refractivity contribution in [2.75, 3.05) is 26.8 Å². The summed E-state index contributed by atoms with van der Waals surface area (Å²) in [4.78, 5) is 13.7. The molecule has 4 heteroatoms. The van der Waals surface area contributed by atoms with Gasteiger partial charge in [-0.25, -0.2) is 0 Å². The second-order valence-corrected chi connectivity index (χ2v) is 4.50. The zero-order valence-electron chi connectivity index (χ0n) is 9.74. The summed E-state index contributed by atoms with van der Waals surface area (Å²) in [5.41, 5.74) is 5.89. The van der Waals surface area contributed by atoms with Gasteiger partial charge in [0.05, 0.1) is 0 Å². The minimum absolute atomic E-state index is 0.153. The van der Waals surface area contributed by atoms with Crippen molar-refractivity contribution in [2.24, 2.45) is 11.7 Å². The van der Waals surface area contributed by atoms with Gasteiger partial charge < -0.3 is 15.4 Å². The lowest BCUT2D eigenvalue weighted by atomic mass is 9.96. The van der Waals surface area contributed by atoms with E-state index in [0.717, 1.165) is 25.9 Å². The van der Waals surface area contributed by atoms with Crippen LogP contribution >= 0.6 is 0 Å². The summed E-state index contributed by atoms with van der Waals surface area (Å²) >= 11 is 0. The molecule has 1 rings (SSSR count).